The minimum Gasteiger partial charge on any atom is -0.396 e. The minimum atomic E-state index is 0.131. The Labute approximate surface area is 97.2 Å². The number of nitrogens with zero attached hydrogens (tertiary/aromatic N) is 1. The normalized spacial score (nSPS) is 11.5. The summed E-state index contributed by atoms with van der Waals surface area (Å²) in [7, 11) is 0. The lowest BCUT2D eigenvalue weighted by Gasteiger charge is -2.23. The summed E-state index contributed by atoms with van der Waals surface area (Å²) in [6, 6.07) is 0. The lowest BCUT2D eigenvalue weighted by molar-refractivity contribution is -0.128. The van der Waals surface area contributed by atoms with E-state index in [1.54, 1.807) is 16.7 Å². The second-order valence-corrected chi connectivity index (χ2v) is 6.25. The van der Waals surface area contributed by atoms with E-state index in [-0.39, 0.29) is 17.3 Å². The maximum Gasteiger partial charge on any atom is 0.232 e. The molecular weight excluding hydrogens is 210 g/mol. The molecule has 3 nitrogen and oxygen atoms in total. The van der Waals surface area contributed by atoms with Gasteiger partial charge in [-0.3, -0.25) is 4.79 Å². The molecule has 0 aromatic rings. The minimum absolute atomic E-state index is 0.131. The first-order valence-corrected chi connectivity index (χ1v) is 6.42. The molecule has 0 heterocycles. The van der Waals surface area contributed by atoms with Crippen LogP contribution in [-0.2, 0) is 4.79 Å². The fourth-order valence-electron chi connectivity index (χ4n) is 1.09. The van der Waals surface area contributed by atoms with Crippen LogP contribution < -0.4 is 0 Å². The topological polar surface area (TPSA) is 40.5 Å². The molecule has 0 rings (SSSR count). The van der Waals surface area contributed by atoms with Crippen LogP contribution in [0.25, 0.3) is 0 Å². The van der Waals surface area contributed by atoms with Crippen molar-refractivity contribution in [3.8, 4) is 0 Å². The van der Waals surface area contributed by atoms with Crippen molar-refractivity contribution in [2.75, 3.05) is 25.4 Å². The van der Waals surface area contributed by atoms with Crippen LogP contribution in [0.15, 0.2) is 0 Å². The second kappa shape index (κ2) is 7.12. The summed E-state index contributed by atoms with van der Waals surface area (Å²) in [5.74, 6) is 0.703. The van der Waals surface area contributed by atoms with Gasteiger partial charge in [0.25, 0.3) is 0 Å². The van der Waals surface area contributed by atoms with Crippen molar-refractivity contribution in [3.05, 3.63) is 0 Å². The number of rotatable bonds is 6. The fourth-order valence-corrected chi connectivity index (χ4v) is 1.83. The zero-order valence-electron chi connectivity index (χ0n) is 10.2. The predicted octanol–water partition coefficient (Wildman–Crippen LogP) is 1.75. The molecule has 0 aliphatic carbocycles. The van der Waals surface area contributed by atoms with Crippen LogP contribution in [0.2, 0.25) is 0 Å². The second-order valence-electron chi connectivity index (χ2n) is 4.45. The van der Waals surface area contributed by atoms with Crippen molar-refractivity contribution in [2.24, 2.45) is 0 Å². The predicted molar refractivity (Wildman–Crippen MR) is 66.2 cm³/mol. The average Bonchev–Trinajstić information content (AvgIpc) is 2.15. The van der Waals surface area contributed by atoms with Gasteiger partial charge in [0.1, 0.15) is 0 Å². The van der Waals surface area contributed by atoms with E-state index >= 15 is 0 Å². The first-order chi connectivity index (χ1) is 6.90. The largest absolute Gasteiger partial charge is 0.396 e. The highest BCUT2D eigenvalue weighted by atomic mass is 32.2. The van der Waals surface area contributed by atoms with Gasteiger partial charge >= 0.3 is 0 Å². The van der Waals surface area contributed by atoms with Crippen molar-refractivity contribution in [1.82, 2.24) is 4.90 Å². The highest BCUT2D eigenvalue weighted by molar-refractivity contribution is 8.01. The number of amides is 1. The maximum absolute atomic E-state index is 11.8. The summed E-state index contributed by atoms with van der Waals surface area (Å²) in [6.45, 7) is 9.83. The third kappa shape index (κ3) is 7.68. The molecule has 0 atom stereocenters. The van der Waals surface area contributed by atoms with Gasteiger partial charge in [0.2, 0.25) is 5.91 Å². The Morgan fingerprint density at radius 3 is 2.40 bits per heavy atom. The number of thioether (sulfide) groups is 1. The van der Waals surface area contributed by atoms with Gasteiger partial charge in [-0.25, -0.2) is 0 Å². The van der Waals surface area contributed by atoms with Gasteiger partial charge in [-0.1, -0.05) is 20.8 Å². The van der Waals surface area contributed by atoms with Gasteiger partial charge in [0.05, 0.1) is 5.75 Å². The highest BCUT2D eigenvalue weighted by Gasteiger charge is 2.16. The Kier molecular flexibility index (Phi) is 7.02. The quantitative estimate of drug-likeness (QED) is 0.760. The van der Waals surface area contributed by atoms with Gasteiger partial charge in [-0.15, -0.1) is 11.8 Å². The first kappa shape index (κ1) is 14.8. The molecular formula is C11H23NO2S. The van der Waals surface area contributed by atoms with Gasteiger partial charge < -0.3 is 10.0 Å². The van der Waals surface area contributed by atoms with Crippen LogP contribution in [0, 0.1) is 0 Å². The first-order valence-electron chi connectivity index (χ1n) is 5.43. The van der Waals surface area contributed by atoms with E-state index in [1.165, 1.54) is 0 Å². The summed E-state index contributed by atoms with van der Waals surface area (Å²) in [5.41, 5.74) is 0. The Balaban J connectivity index is 3.94. The number of aliphatic hydroxyl groups excluding tert-OH is 1. The monoisotopic (exact) mass is 233 g/mol. The van der Waals surface area contributed by atoms with E-state index in [4.69, 9.17) is 5.11 Å². The van der Waals surface area contributed by atoms with Crippen LogP contribution in [0.5, 0.6) is 0 Å². The molecule has 4 heteroatoms. The lowest BCUT2D eigenvalue weighted by Crippen LogP contribution is -2.34. The Bertz CT molecular complexity index is 190. The molecule has 90 valence electrons. The van der Waals surface area contributed by atoms with Gasteiger partial charge in [-0.05, 0) is 13.3 Å². The Hall–Kier alpha value is -0.220. The molecule has 0 spiro atoms. The molecule has 0 fully saturated rings. The zero-order valence-corrected chi connectivity index (χ0v) is 11.1. The third-order valence-electron chi connectivity index (χ3n) is 1.95. The van der Waals surface area contributed by atoms with E-state index in [1.807, 2.05) is 6.92 Å². The molecule has 0 unspecified atom stereocenters. The van der Waals surface area contributed by atoms with E-state index in [9.17, 15) is 4.79 Å². The number of hydrogen-bond acceptors (Lipinski definition) is 3. The van der Waals surface area contributed by atoms with Crippen LogP contribution in [0.1, 0.15) is 34.1 Å². The molecule has 15 heavy (non-hydrogen) atoms. The van der Waals surface area contributed by atoms with E-state index in [0.29, 0.717) is 18.7 Å². The van der Waals surface area contributed by atoms with Gasteiger partial charge in [0, 0.05) is 24.4 Å². The van der Waals surface area contributed by atoms with Crippen molar-refractivity contribution < 1.29 is 9.90 Å². The molecule has 0 bridgehead atoms. The molecule has 0 radical (unpaired) electrons. The highest BCUT2D eigenvalue weighted by Crippen LogP contribution is 2.23. The molecule has 0 aliphatic heterocycles. The smallest absolute Gasteiger partial charge is 0.232 e. The molecule has 1 amide bonds. The number of carbonyl (C=O) groups excluding carboxylic acids is 1. The SMILES string of the molecule is CCN(CCCO)C(=O)CSC(C)(C)C. The molecule has 0 saturated carbocycles. The van der Waals surface area contributed by atoms with Crippen molar-refractivity contribution >= 4 is 17.7 Å². The van der Waals surface area contributed by atoms with Crippen LogP contribution in [-0.4, -0.2) is 46.1 Å². The number of hydrogen-bond donors (Lipinski definition) is 1. The third-order valence-corrected chi connectivity index (χ3v) is 3.21. The summed E-state index contributed by atoms with van der Waals surface area (Å²) in [6.07, 6.45) is 0.666. The lowest BCUT2D eigenvalue weighted by atomic mass is 10.3. The van der Waals surface area contributed by atoms with E-state index in [0.717, 1.165) is 6.54 Å². The molecule has 0 aromatic carbocycles. The average molecular weight is 233 g/mol. The van der Waals surface area contributed by atoms with Crippen molar-refractivity contribution in [2.45, 2.75) is 38.9 Å². The van der Waals surface area contributed by atoms with Gasteiger partial charge in [0.15, 0.2) is 0 Å². The summed E-state index contributed by atoms with van der Waals surface area (Å²) in [4.78, 5) is 13.6. The maximum atomic E-state index is 11.8. The zero-order chi connectivity index (χ0) is 11.9. The van der Waals surface area contributed by atoms with Crippen LogP contribution in [0.3, 0.4) is 0 Å². The summed E-state index contributed by atoms with van der Waals surface area (Å²) >= 11 is 1.67. The Morgan fingerprint density at radius 1 is 1.40 bits per heavy atom. The standard InChI is InChI=1S/C11H23NO2S/c1-5-12(7-6-8-13)10(14)9-15-11(2,3)4/h13H,5-9H2,1-4H3. The van der Waals surface area contributed by atoms with Gasteiger partial charge in [-0.2, -0.15) is 0 Å². The van der Waals surface area contributed by atoms with E-state index in [2.05, 4.69) is 20.8 Å². The molecule has 1 N–H and O–H groups in total. The fraction of sp³-hybridized carbons (Fsp3) is 0.909. The summed E-state index contributed by atoms with van der Waals surface area (Å²) < 4.78 is 0.131. The molecule has 0 aromatic heterocycles. The van der Waals surface area contributed by atoms with Crippen LogP contribution in [0.4, 0.5) is 0 Å². The van der Waals surface area contributed by atoms with Crippen molar-refractivity contribution in [3.63, 3.8) is 0 Å². The number of aliphatic hydroxyl groups is 1. The molecule has 0 aliphatic rings. The Morgan fingerprint density at radius 2 is 2.00 bits per heavy atom. The molecule has 0 saturated heterocycles. The van der Waals surface area contributed by atoms with Crippen molar-refractivity contribution in [1.29, 1.82) is 0 Å². The summed E-state index contributed by atoms with van der Waals surface area (Å²) in [5, 5.41) is 8.71. The van der Waals surface area contributed by atoms with E-state index < -0.39 is 0 Å². The van der Waals surface area contributed by atoms with Crippen LogP contribution >= 0.6 is 11.8 Å². The number of carbonyl (C=O) groups is 1.